The Morgan fingerprint density at radius 3 is 2.44 bits per heavy atom. The number of hydrogen-bond acceptors (Lipinski definition) is 3. The van der Waals surface area contributed by atoms with E-state index in [4.69, 9.17) is 0 Å². The normalized spacial score (nSPS) is 9.67. The zero-order valence-corrected chi connectivity index (χ0v) is 10.7. The largest absolute Gasteiger partial charge is 0.465 e. The molecule has 18 heavy (non-hydrogen) atoms. The van der Waals surface area contributed by atoms with Gasteiger partial charge < -0.3 is 15.4 Å². The van der Waals surface area contributed by atoms with Gasteiger partial charge in [-0.25, -0.2) is 9.59 Å². The maximum absolute atomic E-state index is 11.4. The molecule has 0 aliphatic heterocycles. The summed E-state index contributed by atoms with van der Waals surface area (Å²) in [5.41, 5.74) is 1.09. The highest BCUT2D eigenvalue weighted by Crippen LogP contribution is 2.10. The van der Waals surface area contributed by atoms with Gasteiger partial charge in [-0.2, -0.15) is 0 Å². The van der Waals surface area contributed by atoms with Crippen LogP contribution in [-0.4, -0.2) is 25.7 Å². The highest BCUT2D eigenvalue weighted by molar-refractivity contribution is 5.92. The number of benzene rings is 1. The second-order valence-corrected chi connectivity index (χ2v) is 3.80. The van der Waals surface area contributed by atoms with Crippen molar-refractivity contribution in [3.8, 4) is 0 Å². The summed E-state index contributed by atoms with van der Waals surface area (Å²) in [6.45, 7) is 2.72. The number of ether oxygens (including phenoxy) is 1. The highest BCUT2D eigenvalue weighted by atomic mass is 16.5. The zero-order chi connectivity index (χ0) is 13.4. The number of methoxy groups -OCH3 is 1. The molecule has 0 atom stereocenters. The van der Waals surface area contributed by atoms with Crippen LogP contribution in [0.15, 0.2) is 24.3 Å². The van der Waals surface area contributed by atoms with Gasteiger partial charge in [-0.15, -0.1) is 0 Å². The molecule has 0 heterocycles. The van der Waals surface area contributed by atoms with Crippen LogP contribution in [0.4, 0.5) is 10.5 Å². The Kier molecular flexibility index (Phi) is 5.70. The number of nitrogens with one attached hydrogen (secondary N) is 2. The van der Waals surface area contributed by atoms with E-state index in [2.05, 4.69) is 22.3 Å². The molecular formula is C13H18N2O3. The SMILES string of the molecule is CCCCNC(=O)Nc1ccc(C(=O)OC)cc1. The maximum Gasteiger partial charge on any atom is 0.337 e. The molecule has 0 saturated heterocycles. The standard InChI is InChI=1S/C13H18N2O3/c1-3-4-9-14-13(17)15-11-7-5-10(6-8-11)12(16)18-2/h5-8H,3-4,9H2,1-2H3,(H2,14,15,17). The molecule has 98 valence electrons. The van der Waals surface area contributed by atoms with Crippen LogP contribution in [0.3, 0.4) is 0 Å². The first-order valence-corrected chi connectivity index (χ1v) is 5.90. The highest BCUT2D eigenvalue weighted by Gasteiger charge is 2.05. The van der Waals surface area contributed by atoms with Crippen molar-refractivity contribution in [2.75, 3.05) is 19.0 Å². The van der Waals surface area contributed by atoms with E-state index in [-0.39, 0.29) is 6.03 Å². The monoisotopic (exact) mass is 250 g/mol. The number of hydrogen-bond donors (Lipinski definition) is 2. The van der Waals surface area contributed by atoms with Crippen LogP contribution < -0.4 is 10.6 Å². The summed E-state index contributed by atoms with van der Waals surface area (Å²) in [5, 5.41) is 5.42. The Morgan fingerprint density at radius 2 is 1.89 bits per heavy atom. The number of urea groups is 1. The van der Waals surface area contributed by atoms with Crippen LogP contribution in [0.2, 0.25) is 0 Å². The van der Waals surface area contributed by atoms with E-state index in [9.17, 15) is 9.59 Å². The van der Waals surface area contributed by atoms with E-state index < -0.39 is 5.97 Å². The number of carbonyl (C=O) groups excluding carboxylic acids is 2. The fourth-order valence-corrected chi connectivity index (χ4v) is 1.36. The molecule has 0 aliphatic rings. The van der Waals surface area contributed by atoms with E-state index in [1.807, 2.05) is 0 Å². The van der Waals surface area contributed by atoms with Crippen LogP contribution in [0.25, 0.3) is 0 Å². The topological polar surface area (TPSA) is 67.4 Å². The molecule has 5 heteroatoms. The predicted octanol–water partition coefficient (Wildman–Crippen LogP) is 2.39. The van der Waals surface area contributed by atoms with E-state index in [1.165, 1.54) is 7.11 Å². The van der Waals surface area contributed by atoms with E-state index in [1.54, 1.807) is 24.3 Å². The van der Waals surface area contributed by atoms with Crippen molar-refractivity contribution in [2.45, 2.75) is 19.8 Å². The van der Waals surface area contributed by atoms with Gasteiger partial charge in [0.1, 0.15) is 0 Å². The molecule has 0 fully saturated rings. The molecular weight excluding hydrogens is 232 g/mol. The molecule has 2 amide bonds. The lowest BCUT2D eigenvalue weighted by Crippen LogP contribution is -2.29. The molecule has 0 aliphatic carbocycles. The fraction of sp³-hybridized carbons (Fsp3) is 0.385. The van der Waals surface area contributed by atoms with Gasteiger partial charge in [-0.3, -0.25) is 0 Å². The van der Waals surface area contributed by atoms with Gasteiger partial charge in [-0.1, -0.05) is 13.3 Å². The summed E-state index contributed by atoms with van der Waals surface area (Å²) in [4.78, 5) is 22.6. The molecule has 5 nitrogen and oxygen atoms in total. The lowest BCUT2D eigenvalue weighted by Gasteiger charge is -2.07. The number of amides is 2. The predicted molar refractivity (Wildman–Crippen MR) is 69.7 cm³/mol. The molecule has 0 saturated carbocycles. The van der Waals surface area contributed by atoms with Crippen molar-refractivity contribution < 1.29 is 14.3 Å². The summed E-state index contributed by atoms with van der Waals surface area (Å²) >= 11 is 0. The molecule has 0 unspecified atom stereocenters. The third kappa shape index (κ3) is 4.45. The van der Waals surface area contributed by atoms with E-state index in [0.29, 0.717) is 17.8 Å². The minimum absolute atomic E-state index is 0.241. The number of rotatable bonds is 5. The quantitative estimate of drug-likeness (QED) is 0.623. The lowest BCUT2D eigenvalue weighted by atomic mass is 10.2. The average molecular weight is 250 g/mol. The second-order valence-electron chi connectivity index (χ2n) is 3.80. The van der Waals surface area contributed by atoms with E-state index in [0.717, 1.165) is 12.8 Å². The van der Waals surface area contributed by atoms with Gasteiger partial charge in [0.05, 0.1) is 12.7 Å². The van der Waals surface area contributed by atoms with Crippen molar-refractivity contribution in [2.24, 2.45) is 0 Å². The number of esters is 1. The van der Waals surface area contributed by atoms with Crippen LogP contribution >= 0.6 is 0 Å². The molecule has 0 aromatic heterocycles. The summed E-state index contributed by atoms with van der Waals surface area (Å²) in [7, 11) is 1.33. The molecule has 1 aromatic rings. The minimum Gasteiger partial charge on any atom is -0.465 e. The summed E-state index contributed by atoms with van der Waals surface area (Å²) < 4.78 is 4.58. The third-order valence-corrected chi connectivity index (χ3v) is 2.38. The molecule has 2 N–H and O–H groups in total. The maximum atomic E-state index is 11.4. The van der Waals surface area contributed by atoms with Gasteiger partial charge in [0.25, 0.3) is 0 Å². The Balaban J connectivity index is 2.48. The molecule has 0 spiro atoms. The van der Waals surface area contributed by atoms with Gasteiger partial charge >= 0.3 is 12.0 Å². The first-order chi connectivity index (χ1) is 8.67. The van der Waals surface area contributed by atoms with Gasteiger partial charge in [-0.05, 0) is 30.7 Å². The van der Waals surface area contributed by atoms with E-state index >= 15 is 0 Å². The first kappa shape index (κ1) is 14.0. The molecule has 1 aromatic carbocycles. The lowest BCUT2D eigenvalue weighted by molar-refractivity contribution is 0.0601. The Morgan fingerprint density at radius 1 is 1.22 bits per heavy atom. The number of carbonyl (C=O) groups is 2. The fourth-order valence-electron chi connectivity index (χ4n) is 1.36. The summed E-state index contributed by atoms with van der Waals surface area (Å²) in [6.07, 6.45) is 1.99. The smallest absolute Gasteiger partial charge is 0.337 e. The Bertz CT molecular complexity index is 401. The Hall–Kier alpha value is -2.04. The van der Waals surface area contributed by atoms with Gasteiger partial charge in [0.2, 0.25) is 0 Å². The number of unbranched alkanes of at least 4 members (excludes halogenated alkanes) is 1. The van der Waals surface area contributed by atoms with Crippen molar-refractivity contribution in [3.05, 3.63) is 29.8 Å². The van der Waals surface area contributed by atoms with Crippen LogP contribution in [0.5, 0.6) is 0 Å². The van der Waals surface area contributed by atoms with Crippen molar-refractivity contribution in [1.82, 2.24) is 5.32 Å². The molecule has 1 rings (SSSR count). The number of anilines is 1. The van der Waals surface area contributed by atoms with Crippen LogP contribution in [-0.2, 0) is 4.74 Å². The van der Waals surface area contributed by atoms with Crippen molar-refractivity contribution in [3.63, 3.8) is 0 Å². The first-order valence-electron chi connectivity index (χ1n) is 5.90. The van der Waals surface area contributed by atoms with Gasteiger partial charge in [0, 0.05) is 12.2 Å². The van der Waals surface area contributed by atoms with Crippen LogP contribution in [0.1, 0.15) is 30.1 Å². The van der Waals surface area contributed by atoms with Crippen LogP contribution in [0, 0.1) is 0 Å². The third-order valence-electron chi connectivity index (χ3n) is 2.38. The van der Waals surface area contributed by atoms with Crippen molar-refractivity contribution >= 4 is 17.7 Å². The van der Waals surface area contributed by atoms with Gasteiger partial charge in [0.15, 0.2) is 0 Å². The molecule has 0 radical (unpaired) electrons. The molecule has 0 bridgehead atoms. The van der Waals surface area contributed by atoms with Crippen molar-refractivity contribution in [1.29, 1.82) is 0 Å². The average Bonchev–Trinajstić information content (AvgIpc) is 2.39. The second kappa shape index (κ2) is 7.32. The summed E-state index contributed by atoms with van der Waals surface area (Å²) in [6, 6.07) is 6.28. The summed E-state index contributed by atoms with van der Waals surface area (Å²) in [5.74, 6) is -0.394. The zero-order valence-electron chi connectivity index (χ0n) is 10.7. The minimum atomic E-state index is -0.394. The Labute approximate surface area is 107 Å².